The molecular formula is C41H49N5O4. The molecule has 1 unspecified atom stereocenters. The highest BCUT2D eigenvalue weighted by Crippen LogP contribution is 2.35. The standard InChI is InChI=1S/C41H49N5O4/c1-30(42-4)39(13-9-25-47)46(5)40(49)38-21-18-35(26-32(38)27-48)44-23-7-6-10-31-11-8-12-33(15-14-31)41(2,3)34-16-19-37(20-17-34)50-28-36-22-24-43-29-45-36/h11-12,14-22,24-27,29,39,42,44H,1,6-10,13,23,28H2,2-5H3. The lowest BCUT2D eigenvalue weighted by molar-refractivity contribution is -0.108. The summed E-state index contributed by atoms with van der Waals surface area (Å²) < 4.78 is 5.91. The quantitative estimate of drug-likeness (QED) is 0.0999. The number of carbonyl (C=O) groups is 3. The summed E-state index contributed by atoms with van der Waals surface area (Å²) in [5.74, 6) is 0.509. The summed E-state index contributed by atoms with van der Waals surface area (Å²) in [5, 5.41) is 6.38. The van der Waals surface area contributed by atoms with Crippen molar-refractivity contribution in [2.24, 2.45) is 0 Å². The summed E-state index contributed by atoms with van der Waals surface area (Å²) in [4.78, 5) is 45.9. The van der Waals surface area contributed by atoms with Crippen LogP contribution in [0.5, 0.6) is 5.75 Å². The van der Waals surface area contributed by atoms with Crippen LogP contribution >= 0.6 is 0 Å². The Balaban J connectivity index is 1.25. The molecule has 4 rings (SSSR count). The molecule has 0 bridgehead atoms. The first-order valence-corrected chi connectivity index (χ1v) is 17.1. The Morgan fingerprint density at radius 1 is 1.08 bits per heavy atom. The van der Waals surface area contributed by atoms with Crippen molar-refractivity contribution in [2.45, 2.75) is 70.4 Å². The Labute approximate surface area is 296 Å². The Bertz CT molecular complexity index is 1710. The molecule has 0 fully saturated rings. The van der Waals surface area contributed by atoms with E-state index in [1.165, 1.54) is 27.9 Å². The Hall–Kier alpha value is -5.31. The van der Waals surface area contributed by atoms with Crippen LogP contribution in [0, 0.1) is 0 Å². The fourth-order valence-electron chi connectivity index (χ4n) is 5.99. The number of rotatable bonds is 19. The molecule has 0 radical (unpaired) electrons. The van der Waals surface area contributed by atoms with Crippen molar-refractivity contribution in [3.05, 3.63) is 131 Å². The molecule has 2 aromatic carbocycles. The number of carbonyl (C=O) groups excluding carboxylic acids is 3. The van der Waals surface area contributed by atoms with Gasteiger partial charge in [-0.25, -0.2) is 9.97 Å². The first-order valence-electron chi connectivity index (χ1n) is 17.1. The lowest BCUT2D eigenvalue weighted by Gasteiger charge is -2.30. The number of aromatic nitrogens is 2. The molecule has 3 aromatic rings. The third-order valence-electron chi connectivity index (χ3n) is 9.22. The number of hydrogen-bond donors (Lipinski definition) is 2. The summed E-state index contributed by atoms with van der Waals surface area (Å²) in [6, 6.07) is 15.0. The number of benzene rings is 2. The predicted molar refractivity (Wildman–Crippen MR) is 199 cm³/mol. The van der Waals surface area contributed by atoms with Crippen molar-refractivity contribution in [1.82, 2.24) is 20.2 Å². The van der Waals surface area contributed by atoms with Gasteiger partial charge in [0.25, 0.3) is 5.91 Å². The molecule has 1 atom stereocenters. The molecule has 1 aromatic heterocycles. The zero-order valence-corrected chi connectivity index (χ0v) is 29.7. The van der Waals surface area contributed by atoms with Crippen molar-refractivity contribution in [1.29, 1.82) is 0 Å². The van der Waals surface area contributed by atoms with Crippen LogP contribution in [0.1, 0.15) is 84.3 Å². The lowest BCUT2D eigenvalue weighted by atomic mass is 9.77. The molecule has 1 amide bonds. The van der Waals surface area contributed by atoms with Crippen LogP contribution in [0.2, 0.25) is 0 Å². The van der Waals surface area contributed by atoms with Crippen molar-refractivity contribution >= 4 is 24.2 Å². The van der Waals surface area contributed by atoms with Gasteiger partial charge in [0.1, 0.15) is 25.0 Å². The maximum Gasteiger partial charge on any atom is 0.254 e. The number of amides is 1. The van der Waals surface area contributed by atoms with Crippen LogP contribution in [0.15, 0.2) is 109 Å². The van der Waals surface area contributed by atoms with Crippen molar-refractivity contribution in [2.75, 3.05) is 26.0 Å². The van der Waals surface area contributed by atoms with E-state index in [9.17, 15) is 14.4 Å². The number of allylic oxidation sites excluding steroid dienone is 6. The van der Waals surface area contributed by atoms with Gasteiger partial charge in [-0.3, -0.25) is 9.59 Å². The summed E-state index contributed by atoms with van der Waals surface area (Å²) in [6.07, 6.45) is 18.4. The molecule has 1 aliphatic carbocycles. The molecule has 0 aliphatic heterocycles. The monoisotopic (exact) mass is 675 g/mol. The van der Waals surface area contributed by atoms with E-state index in [0.717, 1.165) is 55.6 Å². The number of ether oxygens (including phenoxy) is 1. The number of unbranched alkanes of at least 4 members (excludes halogenated alkanes) is 1. The summed E-state index contributed by atoms with van der Waals surface area (Å²) in [6.45, 7) is 9.63. The number of hydrogen-bond acceptors (Lipinski definition) is 8. The number of nitrogens with zero attached hydrogens (tertiary/aromatic N) is 3. The number of anilines is 1. The minimum absolute atomic E-state index is 0.162. The molecule has 262 valence electrons. The fraction of sp³-hybridized carbons (Fsp3) is 0.341. The minimum Gasteiger partial charge on any atom is -0.487 e. The van der Waals surface area contributed by atoms with E-state index in [1.807, 2.05) is 24.3 Å². The number of nitrogens with one attached hydrogen (secondary N) is 2. The first-order chi connectivity index (χ1) is 24.2. The van der Waals surface area contributed by atoms with Gasteiger partial charge in [0.05, 0.1) is 17.3 Å². The Morgan fingerprint density at radius 2 is 1.88 bits per heavy atom. The van der Waals surface area contributed by atoms with Gasteiger partial charge in [0, 0.05) is 55.6 Å². The van der Waals surface area contributed by atoms with Crippen molar-refractivity contribution in [3.63, 3.8) is 0 Å². The second-order valence-electron chi connectivity index (χ2n) is 12.9. The molecule has 9 nitrogen and oxygen atoms in total. The fourth-order valence-corrected chi connectivity index (χ4v) is 5.99. The van der Waals surface area contributed by atoms with Crippen molar-refractivity contribution < 1.29 is 19.1 Å². The van der Waals surface area contributed by atoms with E-state index in [-0.39, 0.29) is 17.4 Å². The second kappa shape index (κ2) is 18.5. The van der Waals surface area contributed by atoms with Crippen LogP contribution in [0.25, 0.3) is 0 Å². The van der Waals surface area contributed by atoms with E-state index in [2.05, 4.69) is 77.5 Å². The Kier molecular flexibility index (Phi) is 13.8. The predicted octanol–water partition coefficient (Wildman–Crippen LogP) is 7.39. The highest BCUT2D eigenvalue weighted by Gasteiger charge is 2.26. The van der Waals surface area contributed by atoms with Crippen LogP contribution in [0.3, 0.4) is 0 Å². The lowest BCUT2D eigenvalue weighted by Crippen LogP contribution is -2.41. The van der Waals surface area contributed by atoms with Gasteiger partial charge in [-0.1, -0.05) is 62.4 Å². The average molecular weight is 676 g/mol. The highest BCUT2D eigenvalue weighted by molar-refractivity contribution is 6.02. The Morgan fingerprint density at radius 3 is 2.58 bits per heavy atom. The average Bonchev–Trinajstić information content (AvgIpc) is 3.40. The molecule has 1 heterocycles. The normalized spacial score (nSPS) is 13.3. The van der Waals surface area contributed by atoms with Crippen LogP contribution in [0.4, 0.5) is 5.69 Å². The van der Waals surface area contributed by atoms with Gasteiger partial charge >= 0.3 is 0 Å². The molecule has 0 spiro atoms. The van der Waals surface area contributed by atoms with Gasteiger partial charge in [0.2, 0.25) is 0 Å². The zero-order chi connectivity index (χ0) is 35.9. The zero-order valence-electron chi connectivity index (χ0n) is 29.7. The van der Waals surface area contributed by atoms with E-state index in [1.54, 1.807) is 32.4 Å². The van der Waals surface area contributed by atoms with Gasteiger partial charge in [-0.15, -0.1) is 0 Å². The molecule has 2 N–H and O–H groups in total. The smallest absolute Gasteiger partial charge is 0.254 e. The van der Waals surface area contributed by atoms with Crippen LogP contribution < -0.4 is 15.4 Å². The molecule has 0 saturated heterocycles. The van der Waals surface area contributed by atoms with Crippen LogP contribution in [-0.2, 0) is 16.8 Å². The third kappa shape index (κ3) is 10.1. The topological polar surface area (TPSA) is 114 Å². The molecular weight excluding hydrogens is 626 g/mol. The molecule has 9 heteroatoms. The number of aldehydes is 2. The maximum atomic E-state index is 13.3. The summed E-state index contributed by atoms with van der Waals surface area (Å²) >= 11 is 0. The molecule has 0 saturated carbocycles. The van der Waals surface area contributed by atoms with E-state index < -0.39 is 0 Å². The molecule has 50 heavy (non-hydrogen) atoms. The largest absolute Gasteiger partial charge is 0.487 e. The van der Waals surface area contributed by atoms with Gasteiger partial charge < -0.3 is 25.1 Å². The van der Waals surface area contributed by atoms with Gasteiger partial charge in [0.15, 0.2) is 6.29 Å². The van der Waals surface area contributed by atoms with Gasteiger partial charge in [-0.2, -0.15) is 0 Å². The minimum atomic E-state index is -0.373. The number of likely N-dealkylation sites (N-methyl/N-ethyl adjacent to an activating group) is 2. The SMILES string of the molecule is C=C(NC)C(CCC=O)N(C)C(=O)c1ccc(NCCCCC2=CCC=C(C(C)(C)c3ccc(OCc4ccncn4)cc3)C=C2)cc1C=O. The van der Waals surface area contributed by atoms with Gasteiger partial charge in [-0.05, 0) is 79.6 Å². The summed E-state index contributed by atoms with van der Waals surface area (Å²) in [5.41, 5.74) is 6.56. The van der Waals surface area contributed by atoms with E-state index >= 15 is 0 Å². The van der Waals surface area contributed by atoms with E-state index in [4.69, 9.17) is 4.74 Å². The first kappa shape index (κ1) is 37.5. The summed E-state index contributed by atoms with van der Waals surface area (Å²) in [7, 11) is 3.39. The van der Waals surface area contributed by atoms with Crippen LogP contribution in [-0.4, -0.2) is 60.0 Å². The van der Waals surface area contributed by atoms with E-state index in [0.29, 0.717) is 42.6 Å². The molecule has 1 aliphatic rings. The van der Waals surface area contributed by atoms with Crippen molar-refractivity contribution in [3.8, 4) is 5.75 Å². The second-order valence-corrected chi connectivity index (χ2v) is 12.9. The highest BCUT2D eigenvalue weighted by atomic mass is 16.5. The maximum absolute atomic E-state index is 13.3. The third-order valence-corrected chi connectivity index (χ3v) is 9.22.